The van der Waals surface area contributed by atoms with E-state index in [0.29, 0.717) is 16.6 Å². The Balaban J connectivity index is 2.21. The first kappa shape index (κ1) is 15.4. The van der Waals surface area contributed by atoms with Gasteiger partial charge in [0.25, 0.3) is 0 Å². The van der Waals surface area contributed by atoms with E-state index in [1.54, 1.807) is 6.07 Å². The van der Waals surface area contributed by atoms with E-state index in [4.69, 9.17) is 28.9 Å². The van der Waals surface area contributed by atoms with Gasteiger partial charge in [-0.1, -0.05) is 66.5 Å². The molecule has 2 rings (SSSR count). The van der Waals surface area contributed by atoms with Crippen molar-refractivity contribution in [2.75, 3.05) is 6.54 Å². The lowest BCUT2D eigenvalue weighted by molar-refractivity contribution is 0.694. The molecule has 0 aliphatic rings. The van der Waals surface area contributed by atoms with Gasteiger partial charge < -0.3 is 5.73 Å². The second-order valence-electron chi connectivity index (χ2n) is 4.95. The zero-order valence-corrected chi connectivity index (χ0v) is 13.1. The van der Waals surface area contributed by atoms with Gasteiger partial charge in [0.2, 0.25) is 0 Å². The van der Waals surface area contributed by atoms with Gasteiger partial charge in [-0.05, 0) is 42.1 Å². The van der Waals surface area contributed by atoms with Crippen LogP contribution in [0.15, 0.2) is 42.5 Å². The lowest BCUT2D eigenvalue weighted by Crippen LogP contribution is -2.15. The topological polar surface area (TPSA) is 26.0 Å². The minimum Gasteiger partial charge on any atom is -0.330 e. The summed E-state index contributed by atoms with van der Waals surface area (Å²) in [6, 6.07) is 14.4. The van der Waals surface area contributed by atoms with Gasteiger partial charge in [-0.25, -0.2) is 0 Å². The second-order valence-corrected chi connectivity index (χ2v) is 5.74. The molecule has 0 spiro atoms. The summed E-state index contributed by atoms with van der Waals surface area (Å²) in [6.07, 6.45) is 1.93. The minimum absolute atomic E-state index is 0.189. The van der Waals surface area contributed by atoms with Gasteiger partial charge in [0.1, 0.15) is 0 Å². The zero-order valence-electron chi connectivity index (χ0n) is 11.6. The van der Waals surface area contributed by atoms with Crippen molar-refractivity contribution in [3.63, 3.8) is 0 Å². The Morgan fingerprint density at radius 3 is 2.25 bits per heavy atom. The monoisotopic (exact) mass is 307 g/mol. The molecule has 0 saturated heterocycles. The number of nitrogens with two attached hydrogens (primary N) is 1. The molecule has 1 unspecified atom stereocenters. The third-order valence-electron chi connectivity index (χ3n) is 3.62. The van der Waals surface area contributed by atoms with Crippen LogP contribution in [0.3, 0.4) is 0 Å². The molecule has 20 heavy (non-hydrogen) atoms. The molecule has 0 bridgehead atoms. The number of hydrogen-bond acceptors (Lipinski definition) is 1. The smallest absolute Gasteiger partial charge is 0.0627 e. The number of halogens is 2. The van der Waals surface area contributed by atoms with Crippen LogP contribution < -0.4 is 5.73 Å². The van der Waals surface area contributed by atoms with Crippen LogP contribution in [0.1, 0.15) is 29.5 Å². The van der Waals surface area contributed by atoms with Gasteiger partial charge >= 0.3 is 0 Å². The lowest BCUT2D eigenvalue weighted by atomic mass is 9.91. The van der Waals surface area contributed by atoms with Crippen molar-refractivity contribution < 1.29 is 0 Å². The first-order valence-corrected chi connectivity index (χ1v) is 7.63. The van der Waals surface area contributed by atoms with Crippen LogP contribution in [-0.4, -0.2) is 6.54 Å². The number of benzene rings is 2. The third-order valence-corrected chi connectivity index (χ3v) is 4.45. The average molecular weight is 308 g/mol. The minimum atomic E-state index is 0.189. The molecule has 0 radical (unpaired) electrons. The Labute approximate surface area is 130 Å². The quantitative estimate of drug-likeness (QED) is 0.840. The van der Waals surface area contributed by atoms with Crippen LogP contribution in [0.5, 0.6) is 0 Å². The Kier molecular flexibility index (Phi) is 5.47. The maximum atomic E-state index is 6.29. The maximum Gasteiger partial charge on any atom is 0.0627 e. The van der Waals surface area contributed by atoms with E-state index in [-0.39, 0.29) is 5.92 Å². The van der Waals surface area contributed by atoms with E-state index in [1.165, 1.54) is 11.1 Å². The summed E-state index contributed by atoms with van der Waals surface area (Å²) in [5, 5.41) is 1.21. The maximum absolute atomic E-state index is 6.29. The zero-order chi connectivity index (χ0) is 14.5. The summed E-state index contributed by atoms with van der Waals surface area (Å²) in [7, 11) is 0. The van der Waals surface area contributed by atoms with Gasteiger partial charge in [0.15, 0.2) is 0 Å². The Morgan fingerprint density at radius 1 is 1.00 bits per heavy atom. The summed E-state index contributed by atoms with van der Waals surface area (Å²) >= 11 is 12.4. The first-order valence-electron chi connectivity index (χ1n) is 6.87. The second kappa shape index (κ2) is 7.12. The molecule has 0 aliphatic heterocycles. The standard InChI is InChI=1S/C17H19Cl2N/c1-2-12-6-8-13(9-7-12)10-14(11-20)15-4-3-5-16(18)17(15)19/h3-9,14H,2,10-11,20H2,1H3. The fourth-order valence-corrected chi connectivity index (χ4v) is 2.81. The highest BCUT2D eigenvalue weighted by Gasteiger charge is 2.15. The van der Waals surface area contributed by atoms with E-state index in [0.717, 1.165) is 18.4 Å². The molecule has 1 atom stereocenters. The highest BCUT2D eigenvalue weighted by atomic mass is 35.5. The van der Waals surface area contributed by atoms with Crippen molar-refractivity contribution in [2.24, 2.45) is 5.73 Å². The predicted molar refractivity (Wildman–Crippen MR) is 87.8 cm³/mol. The van der Waals surface area contributed by atoms with Crippen LogP contribution in [0.2, 0.25) is 10.0 Å². The molecule has 2 aromatic rings. The van der Waals surface area contributed by atoms with E-state index in [9.17, 15) is 0 Å². The van der Waals surface area contributed by atoms with E-state index >= 15 is 0 Å². The Hall–Kier alpha value is -1.02. The molecule has 0 aromatic heterocycles. The van der Waals surface area contributed by atoms with E-state index in [2.05, 4.69) is 31.2 Å². The predicted octanol–water partition coefficient (Wildman–Crippen LogP) is 4.84. The average Bonchev–Trinajstić information content (AvgIpc) is 2.48. The molecule has 0 heterocycles. The van der Waals surface area contributed by atoms with Crippen LogP contribution in [0.4, 0.5) is 0 Å². The molecule has 0 amide bonds. The van der Waals surface area contributed by atoms with E-state index < -0.39 is 0 Å². The van der Waals surface area contributed by atoms with E-state index in [1.807, 2.05) is 12.1 Å². The first-order chi connectivity index (χ1) is 9.65. The summed E-state index contributed by atoms with van der Waals surface area (Å²) in [4.78, 5) is 0. The third kappa shape index (κ3) is 3.54. The van der Waals surface area contributed by atoms with Crippen molar-refractivity contribution in [1.29, 1.82) is 0 Å². The molecular weight excluding hydrogens is 289 g/mol. The lowest BCUT2D eigenvalue weighted by Gasteiger charge is -2.17. The van der Waals surface area contributed by atoms with Crippen LogP contribution in [-0.2, 0) is 12.8 Å². The van der Waals surface area contributed by atoms with Crippen LogP contribution in [0.25, 0.3) is 0 Å². The fourth-order valence-electron chi connectivity index (χ4n) is 2.35. The van der Waals surface area contributed by atoms with Crippen molar-refractivity contribution in [3.8, 4) is 0 Å². The molecule has 3 heteroatoms. The Bertz CT molecular complexity index is 564. The van der Waals surface area contributed by atoms with Gasteiger partial charge in [0.05, 0.1) is 10.0 Å². The summed E-state index contributed by atoms with van der Waals surface area (Å²) in [5.41, 5.74) is 9.57. The highest BCUT2D eigenvalue weighted by Crippen LogP contribution is 2.32. The molecule has 2 aromatic carbocycles. The number of rotatable bonds is 5. The fraction of sp³-hybridized carbons (Fsp3) is 0.294. The molecule has 0 fully saturated rings. The molecular formula is C17H19Cl2N. The van der Waals surface area contributed by atoms with Crippen molar-refractivity contribution >= 4 is 23.2 Å². The van der Waals surface area contributed by atoms with Gasteiger partial charge in [-0.2, -0.15) is 0 Å². The molecule has 1 nitrogen and oxygen atoms in total. The normalized spacial score (nSPS) is 12.4. The largest absolute Gasteiger partial charge is 0.330 e. The van der Waals surface area contributed by atoms with Crippen LogP contribution >= 0.6 is 23.2 Å². The van der Waals surface area contributed by atoms with Crippen molar-refractivity contribution in [1.82, 2.24) is 0 Å². The molecule has 0 aliphatic carbocycles. The Morgan fingerprint density at radius 2 is 1.65 bits per heavy atom. The summed E-state index contributed by atoms with van der Waals surface area (Å²) < 4.78 is 0. The van der Waals surface area contributed by atoms with Gasteiger partial charge in [-0.15, -0.1) is 0 Å². The summed E-state index contributed by atoms with van der Waals surface area (Å²) in [6.45, 7) is 2.71. The van der Waals surface area contributed by atoms with Crippen molar-refractivity contribution in [3.05, 3.63) is 69.2 Å². The number of aryl methyl sites for hydroxylation is 1. The van der Waals surface area contributed by atoms with Crippen LogP contribution in [0, 0.1) is 0 Å². The SMILES string of the molecule is CCc1ccc(CC(CN)c2cccc(Cl)c2Cl)cc1. The van der Waals surface area contributed by atoms with Gasteiger partial charge in [0, 0.05) is 5.92 Å². The van der Waals surface area contributed by atoms with Crippen molar-refractivity contribution in [2.45, 2.75) is 25.7 Å². The highest BCUT2D eigenvalue weighted by molar-refractivity contribution is 6.42. The number of hydrogen-bond donors (Lipinski definition) is 1. The molecule has 2 N–H and O–H groups in total. The molecule has 0 saturated carbocycles. The molecule has 106 valence electrons. The summed E-state index contributed by atoms with van der Waals surface area (Å²) in [5.74, 6) is 0.189. The van der Waals surface area contributed by atoms with Gasteiger partial charge in [-0.3, -0.25) is 0 Å².